The van der Waals surface area contributed by atoms with Crippen LogP contribution in [0, 0.1) is 5.92 Å². The molecule has 4 rings (SSSR count). The van der Waals surface area contributed by atoms with Crippen molar-refractivity contribution in [3.63, 3.8) is 0 Å². The van der Waals surface area contributed by atoms with Crippen LogP contribution in [0.15, 0.2) is 51.6 Å². The average molecular weight is 454 g/mol. The number of esters is 1. The summed E-state index contributed by atoms with van der Waals surface area (Å²) in [5.41, 5.74) is 4.37. The molecule has 170 valence electrons. The molecule has 1 aromatic carbocycles. The molecule has 7 heteroatoms. The first kappa shape index (κ1) is 22.6. The van der Waals surface area contributed by atoms with Crippen LogP contribution in [0.5, 0.6) is 0 Å². The Bertz CT molecular complexity index is 990. The van der Waals surface area contributed by atoms with Crippen LogP contribution in [0.25, 0.3) is 0 Å². The van der Waals surface area contributed by atoms with Crippen LogP contribution in [0.2, 0.25) is 0 Å². The van der Waals surface area contributed by atoms with Crippen molar-refractivity contribution in [3.05, 3.63) is 57.8 Å². The van der Waals surface area contributed by atoms with Crippen molar-refractivity contribution in [1.82, 2.24) is 10.2 Å². The zero-order valence-electron chi connectivity index (χ0n) is 19.2. The molecular formula is C25H31N3O3S. The molecular weight excluding hydrogens is 422 g/mol. The Morgan fingerprint density at radius 3 is 2.56 bits per heavy atom. The quantitative estimate of drug-likeness (QED) is 0.569. The van der Waals surface area contributed by atoms with E-state index < -0.39 is 0 Å². The van der Waals surface area contributed by atoms with E-state index in [1.807, 2.05) is 17.2 Å². The predicted molar refractivity (Wildman–Crippen MR) is 128 cm³/mol. The Morgan fingerprint density at radius 2 is 1.97 bits per heavy atom. The molecule has 0 bridgehead atoms. The van der Waals surface area contributed by atoms with Crippen molar-refractivity contribution in [2.75, 3.05) is 13.7 Å². The van der Waals surface area contributed by atoms with E-state index in [9.17, 15) is 9.59 Å². The van der Waals surface area contributed by atoms with Gasteiger partial charge in [0.15, 0.2) is 5.17 Å². The topological polar surface area (TPSA) is 71.0 Å². The number of hydrogen-bond acceptors (Lipinski definition) is 6. The van der Waals surface area contributed by atoms with Crippen molar-refractivity contribution in [3.8, 4) is 0 Å². The molecule has 32 heavy (non-hydrogen) atoms. The first-order chi connectivity index (χ1) is 15.4. The SMILES string of the molecule is CCC1=C(C(=O)OC)[C@@H](c2ccc(C(C)C)cc2)N2C(CC(=O)NCC3CC3)=CSC2=N1. The first-order valence-corrected chi connectivity index (χ1v) is 12.2. The number of ether oxygens (including phenoxy) is 1. The number of amides is 1. The highest BCUT2D eigenvalue weighted by Crippen LogP contribution is 2.45. The predicted octanol–water partition coefficient (Wildman–Crippen LogP) is 4.86. The fourth-order valence-electron chi connectivity index (χ4n) is 4.10. The highest BCUT2D eigenvalue weighted by Gasteiger charge is 2.41. The number of aliphatic imine (C=N–C) groups is 1. The summed E-state index contributed by atoms with van der Waals surface area (Å²) in [5.74, 6) is 0.675. The Morgan fingerprint density at radius 1 is 1.25 bits per heavy atom. The van der Waals surface area contributed by atoms with Gasteiger partial charge in [0.25, 0.3) is 0 Å². The van der Waals surface area contributed by atoms with Gasteiger partial charge in [0.2, 0.25) is 5.91 Å². The highest BCUT2D eigenvalue weighted by molar-refractivity contribution is 8.16. The highest BCUT2D eigenvalue weighted by atomic mass is 32.2. The van der Waals surface area contributed by atoms with Crippen LogP contribution in [0.3, 0.4) is 0 Å². The number of carbonyl (C=O) groups excluding carboxylic acids is 2. The molecule has 1 saturated carbocycles. The van der Waals surface area contributed by atoms with Gasteiger partial charge in [-0.2, -0.15) is 0 Å². The van der Waals surface area contributed by atoms with Crippen LogP contribution in [0.4, 0.5) is 0 Å². The van der Waals surface area contributed by atoms with Gasteiger partial charge in [-0.1, -0.05) is 56.8 Å². The van der Waals surface area contributed by atoms with Crippen LogP contribution in [0.1, 0.15) is 69.5 Å². The number of allylic oxidation sites excluding steroid dienone is 1. The smallest absolute Gasteiger partial charge is 0.338 e. The molecule has 1 N–H and O–H groups in total. The maximum atomic E-state index is 12.9. The van der Waals surface area contributed by atoms with Crippen LogP contribution < -0.4 is 5.32 Å². The lowest BCUT2D eigenvalue weighted by Gasteiger charge is -2.36. The fraction of sp³-hybridized carbons (Fsp3) is 0.480. The molecule has 2 aliphatic heterocycles. The summed E-state index contributed by atoms with van der Waals surface area (Å²) >= 11 is 1.51. The molecule has 0 radical (unpaired) electrons. The van der Waals surface area contributed by atoms with Gasteiger partial charge in [-0.15, -0.1) is 0 Å². The lowest BCUT2D eigenvalue weighted by molar-refractivity contribution is -0.136. The lowest BCUT2D eigenvalue weighted by atomic mass is 9.91. The molecule has 1 atom stereocenters. The number of thioether (sulfide) groups is 1. The number of carbonyl (C=O) groups is 2. The second-order valence-corrected chi connectivity index (χ2v) is 9.68. The van der Waals surface area contributed by atoms with Crippen LogP contribution in [-0.4, -0.2) is 35.6 Å². The molecule has 2 heterocycles. The number of benzene rings is 1. The summed E-state index contributed by atoms with van der Waals surface area (Å²) in [7, 11) is 1.40. The second kappa shape index (κ2) is 9.53. The van der Waals surface area contributed by atoms with Gasteiger partial charge in [0.05, 0.1) is 30.8 Å². The second-order valence-electron chi connectivity index (χ2n) is 8.85. The normalized spacial score (nSPS) is 20.2. The Kier molecular flexibility index (Phi) is 6.74. The monoisotopic (exact) mass is 453 g/mol. The minimum atomic E-state index is -0.378. The minimum Gasteiger partial charge on any atom is -0.466 e. The summed E-state index contributed by atoms with van der Waals surface area (Å²) < 4.78 is 5.17. The van der Waals surface area contributed by atoms with Gasteiger partial charge in [0, 0.05) is 12.2 Å². The van der Waals surface area contributed by atoms with Gasteiger partial charge in [-0.05, 0) is 47.6 Å². The van der Waals surface area contributed by atoms with Crippen molar-refractivity contribution in [1.29, 1.82) is 0 Å². The van der Waals surface area contributed by atoms with Crippen molar-refractivity contribution >= 4 is 28.8 Å². The summed E-state index contributed by atoms with van der Waals surface area (Å²) in [5, 5.41) is 5.84. The third-order valence-electron chi connectivity index (χ3n) is 6.17. The summed E-state index contributed by atoms with van der Waals surface area (Å²) in [6.07, 6.45) is 3.28. The molecule has 0 saturated heterocycles. The number of nitrogens with one attached hydrogen (secondary N) is 1. The zero-order valence-corrected chi connectivity index (χ0v) is 20.0. The van der Waals surface area contributed by atoms with Crippen molar-refractivity contribution in [2.45, 2.75) is 58.4 Å². The van der Waals surface area contributed by atoms with Crippen molar-refractivity contribution in [2.24, 2.45) is 10.9 Å². The van der Waals surface area contributed by atoms with E-state index in [1.165, 1.54) is 37.3 Å². The molecule has 0 spiro atoms. The van der Waals surface area contributed by atoms with E-state index in [4.69, 9.17) is 9.73 Å². The summed E-state index contributed by atoms with van der Waals surface area (Å²) in [4.78, 5) is 32.4. The van der Waals surface area contributed by atoms with E-state index in [-0.39, 0.29) is 24.3 Å². The third-order valence-corrected chi connectivity index (χ3v) is 7.06. The number of hydrogen-bond donors (Lipinski definition) is 1. The van der Waals surface area contributed by atoms with E-state index in [1.54, 1.807) is 0 Å². The molecule has 1 amide bonds. The van der Waals surface area contributed by atoms with Crippen molar-refractivity contribution < 1.29 is 14.3 Å². The van der Waals surface area contributed by atoms with Gasteiger partial charge in [-0.3, -0.25) is 4.79 Å². The van der Waals surface area contributed by atoms with Crippen LogP contribution in [-0.2, 0) is 14.3 Å². The molecule has 0 unspecified atom stereocenters. The Hall–Kier alpha value is -2.54. The van der Waals surface area contributed by atoms with E-state index in [2.05, 4.69) is 43.4 Å². The van der Waals surface area contributed by atoms with E-state index in [0.29, 0.717) is 23.8 Å². The third kappa shape index (κ3) is 4.63. The molecule has 3 aliphatic rings. The number of amidine groups is 1. The van der Waals surface area contributed by atoms with E-state index >= 15 is 0 Å². The van der Waals surface area contributed by atoms with Crippen LogP contribution >= 0.6 is 11.8 Å². The number of rotatable bonds is 8. The molecule has 1 fully saturated rings. The lowest BCUT2D eigenvalue weighted by Crippen LogP contribution is -2.38. The van der Waals surface area contributed by atoms with Gasteiger partial charge in [0.1, 0.15) is 0 Å². The molecule has 1 aromatic rings. The standard InChI is InChI=1S/C25H31N3O3S/c1-5-20-22(24(30)31-4)23(18-10-8-17(9-11-18)15(2)3)28-19(14-32-25(28)27-20)12-21(29)26-13-16-6-7-16/h8-11,14-16,23H,5-7,12-13H2,1-4H3,(H,26,29)/t23-/m1/s1. The number of methoxy groups -OCH3 is 1. The molecule has 6 nitrogen and oxygen atoms in total. The van der Waals surface area contributed by atoms with Gasteiger partial charge in [-0.25, -0.2) is 9.79 Å². The Balaban J connectivity index is 1.69. The maximum absolute atomic E-state index is 12.9. The average Bonchev–Trinajstić information content (AvgIpc) is 3.56. The Labute approximate surface area is 194 Å². The largest absolute Gasteiger partial charge is 0.466 e. The number of fused-ring (bicyclic) bond motifs is 1. The van der Waals surface area contributed by atoms with Gasteiger partial charge < -0.3 is 15.0 Å². The van der Waals surface area contributed by atoms with E-state index in [0.717, 1.165) is 28.7 Å². The summed E-state index contributed by atoms with van der Waals surface area (Å²) in [6.45, 7) is 7.06. The minimum absolute atomic E-state index is 0.00351. The molecule has 0 aromatic heterocycles. The zero-order chi connectivity index (χ0) is 22.8. The maximum Gasteiger partial charge on any atom is 0.338 e. The van der Waals surface area contributed by atoms with Gasteiger partial charge >= 0.3 is 5.97 Å². The molecule has 1 aliphatic carbocycles. The fourth-order valence-corrected chi connectivity index (χ4v) is 5.04. The number of nitrogens with zero attached hydrogens (tertiary/aromatic N) is 2. The first-order valence-electron chi connectivity index (χ1n) is 11.3. The summed E-state index contributed by atoms with van der Waals surface area (Å²) in [6, 6.07) is 8.00.